The fourth-order valence-corrected chi connectivity index (χ4v) is 11.2. The smallest absolute Gasteiger partial charge is 0.0713 e. The molecule has 1 aliphatic carbocycles. The lowest BCUT2D eigenvalue weighted by atomic mass is 9.68. The van der Waals surface area contributed by atoms with Gasteiger partial charge in [-0.1, -0.05) is 218 Å². The summed E-state index contributed by atoms with van der Waals surface area (Å²) in [4.78, 5) is 2.40. The Kier molecular flexibility index (Phi) is 9.77. The summed E-state index contributed by atoms with van der Waals surface area (Å²) in [6.45, 7) is 0. The molecule has 0 fully saturated rings. The molecule has 2 heteroatoms. The topological polar surface area (TPSA) is 8.17 Å². The quantitative estimate of drug-likeness (QED) is 0.140. The van der Waals surface area contributed by atoms with Gasteiger partial charge < -0.3 is 9.47 Å². The minimum Gasteiger partial charge on any atom is -0.310 e. The lowest BCUT2D eigenvalue weighted by Gasteiger charge is -2.34. The summed E-state index contributed by atoms with van der Waals surface area (Å²) < 4.78 is 2.39. The van der Waals surface area contributed by atoms with Crippen LogP contribution in [0.25, 0.3) is 72.0 Å². The van der Waals surface area contributed by atoms with Gasteiger partial charge in [0.25, 0.3) is 0 Å². The van der Waals surface area contributed by atoms with Gasteiger partial charge in [0.15, 0.2) is 0 Å². The van der Waals surface area contributed by atoms with Crippen LogP contribution >= 0.6 is 0 Å². The molecule has 0 N–H and O–H groups in total. The largest absolute Gasteiger partial charge is 0.310 e. The van der Waals surface area contributed by atoms with Crippen molar-refractivity contribution in [2.45, 2.75) is 5.41 Å². The third-order valence-electron chi connectivity index (χ3n) is 14.3. The standard InChI is InChI=1S/C67H46N2/c1-3-17-47(18-4-1)48-33-35-49(36-34-48)51-19-15-23-57(45-51)68(55-41-37-50(38-42-55)52-20-16-24-58(46-52)69-65-31-13-9-27-61(65)62-28-10-14-32-66(62)69)56-43-39-54(40-44-56)67(53-21-5-2-6-22-53)63-29-11-7-25-59(63)60-26-8-12-30-64(60)67/h1-46H. The molecule has 1 aromatic heterocycles. The second kappa shape index (κ2) is 16.7. The number of nitrogens with zero attached hydrogens (tertiary/aromatic N) is 2. The number of benzene rings is 11. The van der Waals surface area contributed by atoms with Crippen LogP contribution in [0.15, 0.2) is 279 Å². The molecule has 0 atom stereocenters. The number of anilines is 3. The third kappa shape index (κ3) is 6.72. The second-order valence-corrected chi connectivity index (χ2v) is 18.1. The van der Waals surface area contributed by atoms with Crippen molar-refractivity contribution in [3.05, 3.63) is 301 Å². The molecule has 2 nitrogen and oxygen atoms in total. The molecule has 324 valence electrons. The summed E-state index contributed by atoms with van der Waals surface area (Å²) in [5.41, 5.74) is 21.1. The van der Waals surface area contributed by atoms with E-state index in [0.717, 1.165) is 33.9 Å². The van der Waals surface area contributed by atoms with Crippen LogP contribution in [0.5, 0.6) is 0 Å². The highest BCUT2D eigenvalue weighted by atomic mass is 15.1. The molecule has 1 aliphatic rings. The van der Waals surface area contributed by atoms with E-state index >= 15 is 0 Å². The van der Waals surface area contributed by atoms with E-state index in [2.05, 4.69) is 289 Å². The predicted octanol–water partition coefficient (Wildman–Crippen LogP) is 17.6. The minimum absolute atomic E-state index is 0.473. The molecule has 0 unspecified atom stereocenters. The van der Waals surface area contributed by atoms with Gasteiger partial charge in [-0.2, -0.15) is 0 Å². The Bertz CT molecular complexity index is 3710. The van der Waals surface area contributed by atoms with E-state index in [1.54, 1.807) is 0 Å². The van der Waals surface area contributed by atoms with Crippen LogP contribution < -0.4 is 4.90 Å². The average molecular weight is 879 g/mol. The molecule has 69 heavy (non-hydrogen) atoms. The van der Waals surface area contributed by atoms with Gasteiger partial charge >= 0.3 is 0 Å². The summed E-state index contributed by atoms with van der Waals surface area (Å²) in [6, 6.07) is 102. The molecule has 12 aromatic rings. The normalized spacial score (nSPS) is 12.5. The Morgan fingerprint density at radius 3 is 1.30 bits per heavy atom. The minimum atomic E-state index is -0.473. The molecule has 0 aliphatic heterocycles. The van der Waals surface area contributed by atoms with Crippen LogP contribution in [0.4, 0.5) is 17.1 Å². The van der Waals surface area contributed by atoms with Crippen LogP contribution in [-0.2, 0) is 5.41 Å². The highest BCUT2D eigenvalue weighted by Gasteiger charge is 2.45. The van der Waals surface area contributed by atoms with E-state index in [-0.39, 0.29) is 0 Å². The van der Waals surface area contributed by atoms with Crippen LogP contribution in [0.1, 0.15) is 22.3 Å². The molecule has 1 heterocycles. The van der Waals surface area contributed by atoms with Gasteiger partial charge in [-0.25, -0.2) is 0 Å². The SMILES string of the molecule is c1ccc(-c2ccc(-c3cccc(N(c4ccc(-c5cccc(-n6c7ccccc7c7ccccc76)c5)cc4)c4ccc(C5(c6ccccc6)c6ccccc6-c6ccccc65)cc4)c3)cc2)cc1. The Hall–Kier alpha value is -8.98. The Labute approximate surface area is 403 Å². The second-order valence-electron chi connectivity index (χ2n) is 18.1. The Morgan fingerprint density at radius 2 is 0.696 bits per heavy atom. The number of rotatable bonds is 9. The van der Waals surface area contributed by atoms with Crippen molar-refractivity contribution >= 4 is 38.9 Å². The lowest BCUT2D eigenvalue weighted by Crippen LogP contribution is -2.28. The number of fused-ring (bicyclic) bond motifs is 6. The fraction of sp³-hybridized carbons (Fsp3) is 0.0149. The zero-order valence-corrected chi connectivity index (χ0v) is 38.0. The zero-order valence-electron chi connectivity index (χ0n) is 38.0. The highest BCUT2D eigenvalue weighted by molar-refractivity contribution is 6.09. The van der Waals surface area contributed by atoms with Gasteiger partial charge in [-0.3, -0.25) is 0 Å². The maximum Gasteiger partial charge on any atom is 0.0713 e. The van der Waals surface area contributed by atoms with Crippen LogP contribution in [-0.4, -0.2) is 4.57 Å². The molecule has 13 rings (SSSR count). The fourth-order valence-electron chi connectivity index (χ4n) is 11.2. The van der Waals surface area contributed by atoms with Crippen molar-refractivity contribution in [3.8, 4) is 50.2 Å². The Morgan fingerprint density at radius 1 is 0.275 bits per heavy atom. The van der Waals surface area contributed by atoms with Crippen LogP contribution in [0.3, 0.4) is 0 Å². The van der Waals surface area contributed by atoms with Crippen molar-refractivity contribution in [2.75, 3.05) is 4.90 Å². The molecule has 0 radical (unpaired) electrons. The summed E-state index contributed by atoms with van der Waals surface area (Å²) in [7, 11) is 0. The van der Waals surface area contributed by atoms with Gasteiger partial charge in [0, 0.05) is 33.5 Å². The van der Waals surface area contributed by atoms with Gasteiger partial charge in [-0.05, 0) is 127 Å². The highest BCUT2D eigenvalue weighted by Crippen LogP contribution is 2.56. The third-order valence-corrected chi connectivity index (χ3v) is 14.3. The maximum atomic E-state index is 2.40. The summed E-state index contributed by atoms with van der Waals surface area (Å²) in [5, 5.41) is 2.52. The Balaban J connectivity index is 0.921. The number of hydrogen-bond donors (Lipinski definition) is 0. The summed E-state index contributed by atoms with van der Waals surface area (Å²) >= 11 is 0. The van der Waals surface area contributed by atoms with E-state index in [1.165, 1.54) is 77.4 Å². The number of hydrogen-bond acceptors (Lipinski definition) is 1. The summed E-state index contributed by atoms with van der Waals surface area (Å²) in [6.07, 6.45) is 0. The van der Waals surface area contributed by atoms with Crippen molar-refractivity contribution in [2.24, 2.45) is 0 Å². The predicted molar refractivity (Wildman–Crippen MR) is 289 cm³/mol. The first-order valence-electron chi connectivity index (χ1n) is 23.8. The molecule has 0 saturated heterocycles. The molecule has 11 aromatic carbocycles. The van der Waals surface area contributed by atoms with Gasteiger partial charge in [0.2, 0.25) is 0 Å². The van der Waals surface area contributed by atoms with Crippen LogP contribution in [0.2, 0.25) is 0 Å². The van der Waals surface area contributed by atoms with Gasteiger partial charge in [-0.15, -0.1) is 0 Å². The van der Waals surface area contributed by atoms with E-state index < -0.39 is 5.41 Å². The van der Waals surface area contributed by atoms with Crippen molar-refractivity contribution in [1.82, 2.24) is 4.57 Å². The van der Waals surface area contributed by atoms with E-state index in [4.69, 9.17) is 0 Å². The zero-order chi connectivity index (χ0) is 45.7. The monoisotopic (exact) mass is 878 g/mol. The lowest BCUT2D eigenvalue weighted by molar-refractivity contribution is 0.768. The first-order chi connectivity index (χ1) is 34.2. The molecule has 0 amide bonds. The van der Waals surface area contributed by atoms with E-state index in [1.807, 2.05) is 0 Å². The number of aromatic nitrogens is 1. The summed E-state index contributed by atoms with van der Waals surface area (Å²) in [5.74, 6) is 0. The van der Waals surface area contributed by atoms with Crippen molar-refractivity contribution in [3.63, 3.8) is 0 Å². The molecule has 0 bridgehead atoms. The maximum absolute atomic E-state index is 2.40. The first kappa shape index (κ1) is 40.3. The first-order valence-corrected chi connectivity index (χ1v) is 23.8. The van der Waals surface area contributed by atoms with Gasteiger partial charge in [0.05, 0.1) is 16.4 Å². The molecule has 0 spiro atoms. The van der Waals surface area contributed by atoms with Crippen molar-refractivity contribution in [1.29, 1.82) is 0 Å². The van der Waals surface area contributed by atoms with E-state index in [0.29, 0.717) is 0 Å². The van der Waals surface area contributed by atoms with Crippen molar-refractivity contribution < 1.29 is 0 Å². The molecular formula is C67H46N2. The van der Waals surface area contributed by atoms with Crippen LogP contribution in [0, 0.1) is 0 Å². The molecular weight excluding hydrogens is 833 g/mol. The average Bonchev–Trinajstić information content (AvgIpc) is 3.93. The number of para-hydroxylation sites is 2. The van der Waals surface area contributed by atoms with E-state index in [9.17, 15) is 0 Å². The molecule has 0 saturated carbocycles. The van der Waals surface area contributed by atoms with Gasteiger partial charge in [0.1, 0.15) is 0 Å².